The number of benzene rings is 1. The van der Waals surface area contributed by atoms with E-state index in [1.54, 1.807) is 12.1 Å². The molecule has 0 spiro atoms. The van der Waals surface area contributed by atoms with Crippen molar-refractivity contribution in [2.24, 2.45) is 0 Å². The molecule has 0 aliphatic carbocycles. The lowest BCUT2D eigenvalue weighted by molar-refractivity contribution is 0.0999. The minimum atomic E-state index is -0.589. The first-order valence-electron chi connectivity index (χ1n) is 7.79. The molecule has 24 heavy (non-hydrogen) atoms. The number of aliphatic hydroxyl groups excluding tert-OH is 1. The van der Waals surface area contributed by atoms with Gasteiger partial charge in [-0.2, -0.15) is 0 Å². The first kappa shape index (κ1) is 18.5. The number of hydrogen-bond acceptors (Lipinski definition) is 5. The van der Waals surface area contributed by atoms with Crippen molar-refractivity contribution in [3.8, 4) is 5.75 Å². The number of halogens is 1. The van der Waals surface area contributed by atoms with Gasteiger partial charge in [0.05, 0.1) is 0 Å². The van der Waals surface area contributed by atoms with Gasteiger partial charge in [-0.25, -0.2) is 0 Å². The number of nitrogens with zero attached hydrogens (tertiary/aromatic N) is 1. The fourth-order valence-corrected chi connectivity index (χ4v) is 2.08. The van der Waals surface area contributed by atoms with Gasteiger partial charge in [-0.05, 0) is 39.0 Å². The van der Waals surface area contributed by atoms with Gasteiger partial charge in [0.1, 0.15) is 18.5 Å². The van der Waals surface area contributed by atoms with Gasteiger partial charge in [0, 0.05) is 23.7 Å². The van der Waals surface area contributed by atoms with E-state index in [-0.39, 0.29) is 12.1 Å². The summed E-state index contributed by atoms with van der Waals surface area (Å²) in [5, 5.41) is 17.2. The SMILES string of the molecule is CC(C)(C)NCC(O)COc1ccccc1C=Cc1cc(Cl)no1. The number of para-hydroxylation sites is 1. The molecular weight excluding hydrogens is 328 g/mol. The van der Waals surface area contributed by atoms with Gasteiger partial charge in [-0.3, -0.25) is 0 Å². The van der Waals surface area contributed by atoms with E-state index in [9.17, 15) is 5.11 Å². The van der Waals surface area contributed by atoms with Crippen LogP contribution in [0.5, 0.6) is 5.75 Å². The van der Waals surface area contributed by atoms with E-state index in [1.165, 1.54) is 0 Å². The number of aromatic nitrogens is 1. The van der Waals surface area contributed by atoms with Crippen LogP contribution in [0.3, 0.4) is 0 Å². The Balaban J connectivity index is 1.95. The van der Waals surface area contributed by atoms with Gasteiger partial charge in [0.15, 0.2) is 10.9 Å². The third kappa shape index (κ3) is 6.35. The zero-order valence-corrected chi connectivity index (χ0v) is 14.9. The quantitative estimate of drug-likeness (QED) is 0.798. The van der Waals surface area contributed by atoms with Crippen molar-refractivity contribution in [1.29, 1.82) is 0 Å². The fraction of sp³-hybridized carbons (Fsp3) is 0.389. The van der Waals surface area contributed by atoms with E-state index in [2.05, 4.69) is 31.2 Å². The van der Waals surface area contributed by atoms with Gasteiger partial charge in [-0.1, -0.05) is 35.0 Å². The highest BCUT2D eigenvalue weighted by atomic mass is 35.5. The summed E-state index contributed by atoms with van der Waals surface area (Å²) in [6.45, 7) is 6.84. The molecular formula is C18H23ClN2O3. The highest BCUT2D eigenvalue weighted by Crippen LogP contribution is 2.21. The maximum Gasteiger partial charge on any atom is 0.172 e. The van der Waals surface area contributed by atoms with Crippen LogP contribution in [-0.4, -0.2) is 35.1 Å². The lowest BCUT2D eigenvalue weighted by Crippen LogP contribution is -2.42. The summed E-state index contributed by atoms with van der Waals surface area (Å²) < 4.78 is 10.8. The van der Waals surface area contributed by atoms with Crippen molar-refractivity contribution in [2.45, 2.75) is 32.4 Å². The topological polar surface area (TPSA) is 67.5 Å². The molecule has 5 nitrogen and oxygen atoms in total. The summed E-state index contributed by atoms with van der Waals surface area (Å²) in [4.78, 5) is 0. The zero-order valence-electron chi connectivity index (χ0n) is 14.1. The summed E-state index contributed by atoms with van der Waals surface area (Å²) in [6.07, 6.45) is 3.03. The summed E-state index contributed by atoms with van der Waals surface area (Å²) in [7, 11) is 0. The Kier molecular flexibility index (Phi) is 6.43. The van der Waals surface area contributed by atoms with E-state index >= 15 is 0 Å². The molecule has 2 aromatic rings. The third-order valence-electron chi connectivity index (χ3n) is 3.15. The Morgan fingerprint density at radius 2 is 2.08 bits per heavy atom. The second kappa shape index (κ2) is 8.33. The van der Waals surface area contributed by atoms with Crippen LogP contribution in [0, 0.1) is 0 Å². The van der Waals surface area contributed by atoms with Crippen LogP contribution in [0.4, 0.5) is 0 Å². The summed E-state index contributed by atoms with van der Waals surface area (Å²) >= 11 is 5.72. The van der Waals surface area contributed by atoms with Crippen LogP contribution in [0.15, 0.2) is 34.9 Å². The molecule has 0 fully saturated rings. The van der Waals surface area contributed by atoms with Crippen molar-refractivity contribution >= 4 is 23.8 Å². The van der Waals surface area contributed by atoms with Crippen LogP contribution in [0.1, 0.15) is 32.1 Å². The Hall–Kier alpha value is -1.82. The number of ether oxygens (including phenoxy) is 1. The fourth-order valence-electron chi connectivity index (χ4n) is 1.94. The molecule has 0 aliphatic heterocycles. The largest absolute Gasteiger partial charge is 0.490 e. The van der Waals surface area contributed by atoms with Gasteiger partial charge in [-0.15, -0.1) is 0 Å². The van der Waals surface area contributed by atoms with Crippen molar-refractivity contribution in [1.82, 2.24) is 10.5 Å². The molecule has 1 aromatic heterocycles. The molecule has 1 atom stereocenters. The Labute approximate surface area is 147 Å². The average Bonchev–Trinajstić information content (AvgIpc) is 2.94. The van der Waals surface area contributed by atoms with Crippen LogP contribution in [-0.2, 0) is 0 Å². The molecule has 130 valence electrons. The van der Waals surface area contributed by atoms with E-state index in [0.29, 0.717) is 23.2 Å². The molecule has 0 saturated heterocycles. The van der Waals surface area contributed by atoms with E-state index < -0.39 is 6.10 Å². The first-order chi connectivity index (χ1) is 11.3. The lowest BCUT2D eigenvalue weighted by atomic mass is 10.1. The molecule has 1 aromatic carbocycles. The number of aliphatic hydroxyl groups is 1. The van der Waals surface area contributed by atoms with Gasteiger partial charge in [0.25, 0.3) is 0 Å². The molecule has 1 heterocycles. The lowest BCUT2D eigenvalue weighted by Gasteiger charge is -2.23. The van der Waals surface area contributed by atoms with Crippen molar-refractivity contribution in [3.05, 3.63) is 46.8 Å². The van der Waals surface area contributed by atoms with E-state index in [0.717, 1.165) is 5.56 Å². The number of hydrogen-bond donors (Lipinski definition) is 2. The zero-order chi connectivity index (χ0) is 17.6. The smallest absolute Gasteiger partial charge is 0.172 e. The summed E-state index contributed by atoms with van der Waals surface area (Å²) in [6, 6.07) is 9.21. The minimum Gasteiger partial charge on any atom is -0.490 e. The van der Waals surface area contributed by atoms with Crippen LogP contribution in [0.2, 0.25) is 5.15 Å². The van der Waals surface area contributed by atoms with Crippen molar-refractivity contribution in [2.75, 3.05) is 13.2 Å². The maximum absolute atomic E-state index is 10.0. The molecule has 0 aliphatic rings. The molecule has 0 bridgehead atoms. The van der Waals surface area contributed by atoms with Crippen molar-refractivity contribution in [3.63, 3.8) is 0 Å². The highest BCUT2D eigenvalue weighted by Gasteiger charge is 2.13. The molecule has 0 radical (unpaired) electrons. The Morgan fingerprint density at radius 1 is 1.33 bits per heavy atom. The maximum atomic E-state index is 10.0. The normalized spacial score (nSPS) is 13.4. The van der Waals surface area contributed by atoms with Crippen molar-refractivity contribution < 1.29 is 14.4 Å². The molecule has 2 rings (SSSR count). The van der Waals surface area contributed by atoms with Gasteiger partial charge >= 0.3 is 0 Å². The number of rotatable bonds is 7. The van der Waals surface area contributed by atoms with Crippen LogP contribution < -0.4 is 10.1 Å². The predicted octanol–water partition coefficient (Wildman–Crippen LogP) is 3.63. The number of β-amino-alcohol motifs (C(OH)–C–C–N with tert-alkyl or cyclic N) is 1. The minimum absolute atomic E-state index is 0.0417. The second-order valence-corrected chi connectivity index (χ2v) is 6.91. The Bertz CT molecular complexity index is 677. The van der Waals surface area contributed by atoms with E-state index in [1.807, 2.05) is 30.3 Å². The second-order valence-electron chi connectivity index (χ2n) is 6.52. The standard InChI is InChI=1S/C18H23ClN2O3/c1-18(2,3)20-11-14(22)12-23-16-7-5-4-6-13(16)8-9-15-10-17(19)21-24-15/h4-10,14,20,22H,11-12H2,1-3H3. The molecule has 1 unspecified atom stereocenters. The predicted molar refractivity (Wildman–Crippen MR) is 96.1 cm³/mol. The highest BCUT2D eigenvalue weighted by molar-refractivity contribution is 6.29. The van der Waals surface area contributed by atoms with Crippen LogP contribution >= 0.6 is 11.6 Å². The molecule has 0 amide bonds. The van der Waals surface area contributed by atoms with E-state index in [4.69, 9.17) is 20.9 Å². The molecule has 6 heteroatoms. The molecule has 2 N–H and O–H groups in total. The van der Waals surface area contributed by atoms with Crippen LogP contribution in [0.25, 0.3) is 12.2 Å². The third-order valence-corrected chi connectivity index (χ3v) is 3.32. The average molecular weight is 351 g/mol. The Morgan fingerprint density at radius 3 is 2.75 bits per heavy atom. The van der Waals surface area contributed by atoms with Gasteiger partial charge in [0.2, 0.25) is 0 Å². The monoisotopic (exact) mass is 350 g/mol. The molecule has 0 saturated carbocycles. The summed E-state index contributed by atoms with van der Waals surface area (Å²) in [5.41, 5.74) is 0.834. The number of nitrogens with one attached hydrogen (secondary N) is 1. The summed E-state index contributed by atoms with van der Waals surface area (Å²) in [5.74, 6) is 1.25. The van der Waals surface area contributed by atoms with Gasteiger partial charge < -0.3 is 19.7 Å². The first-order valence-corrected chi connectivity index (χ1v) is 8.16.